The molecular formula is C6H2ClF2I. The number of hydrogen-bond donors (Lipinski definition) is 0. The quantitative estimate of drug-likeness (QED) is 0.387. The molecule has 0 atom stereocenters. The van der Waals surface area contributed by atoms with E-state index in [0.717, 1.165) is 12.1 Å². The first kappa shape index (κ1) is 8.20. The molecule has 0 saturated heterocycles. The lowest BCUT2D eigenvalue weighted by Gasteiger charge is -1.95. The monoisotopic (exact) mass is 274 g/mol. The molecule has 0 fully saturated rings. The fourth-order valence-electron chi connectivity index (χ4n) is 0.525. The fraction of sp³-hybridized carbons (Fsp3) is 0. The number of halogens is 4. The zero-order valence-corrected chi connectivity index (χ0v) is 7.58. The van der Waals surface area contributed by atoms with Gasteiger partial charge in [0.1, 0.15) is 5.82 Å². The molecule has 1 aromatic carbocycles. The first-order valence-electron chi connectivity index (χ1n) is 2.41. The van der Waals surface area contributed by atoms with Crippen molar-refractivity contribution in [3.63, 3.8) is 0 Å². The molecule has 0 N–H and O–H groups in total. The molecule has 0 spiro atoms. The van der Waals surface area contributed by atoms with E-state index in [2.05, 4.69) is 0 Å². The zero-order chi connectivity index (χ0) is 7.72. The van der Waals surface area contributed by atoms with Gasteiger partial charge in [-0.05, 0) is 34.7 Å². The third kappa shape index (κ3) is 1.58. The van der Waals surface area contributed by atoms with Gasteiger partial charge in [-0.3, -0.25) is 0 Å². The summed E-state index contributed by atoms with van der Waals surface area (Å²) in [6.07, 6.45) is 0. The van der Waals surface area contributed by atoms with Gasteiger partial charge in [-0.2, -0.15) is 0 Å². The maximum Gasteiger partial charge on any atom is 0.155 e. The molecular weight excluding hydrogens is 272 g/mol. The van der Waals surface area contributed by atoms with Crippen LogP contribution in [-0.4, -0.2) is 0 Å². The average Bonchev–Trinajstić information content (AvgIpc) is 1.82. The predicted molar refractivity (Wildman–Crippen MR) is 44.1 cm³/mol. The van der Waals surface area contributed by atoms with Crippen molar-refractivity contribution in [3.8, 4) is 0 Å². The van der Waals surface area contributed by atoms with E-state index in [1.54, 1.807) is 22.6 Å². The van der Waals surface area contributed by atoms with Crippen LogP contribution in [0.5, 0.6) is 0 Å². The fourth-order valence-corrected chi connectivity index (χ4v) is 1.48. The summed E-state index contributed by atoms with van der Waals surface area (Å²) in [4.78, 5) is 0. The molecule has 0 radical (unpaired) electrons. The molecule has 1 aromatic rings. The van der Waals surface area contributed by atoms with Crippen LogP contribution in [0, 0.1) is 15.2 Å². The summed E-state index contributed by atoms with van der Waals surface area (Å²) in [6, 6.07) is 2.03. The summed E-state index contributed by atoms with van der Waals surface area (Å²) >= 11 is 6.98. The maximum atomic E-state index is 12.6. The van der Waals surface area contributed by atoms with Crippen molar-refractivity contribution in [2.75, 3.05) is 0 Å². The van der Waals surface area contributed by atoms with Crippen LogP contribution in [0.15, 0.2) is 12.1 Å². The van der Waals surface area contributed by atoms with Gasteiger partial charge in [0.25, 0.3) is 0 Å². The molecule has 0 bridgehead atoms. The molecule has 1 rings (SSSR count). The van der Waals surface area contributed by atoms with Crippen molar-refractivity contribution in [2.24, 2.45) is 0 Å². The minimum absolute atomic E-state index is 0.176. The van der Waals surface area contributed by atoms with Crippen LogP contribution >= 0.6 is 34.2 Å². The van der Waals surface area contributed by atoms with E-state index in [-0.39, 0.29) is 8.59 Å². The molecule has 10 heavy (non-hydrogen) atoms. The van der Waals surface area contributed by atoms with Crippen molar-refractivity contribution < 1.29 is 8.78 Å². The highest BCUT2D eigenvalue weighted by Gasteiger charge is 2.05. The van der Waals surface area contributed by atoms with Gasteiger partial charge in [-0.25, -0.2) is 8.78 Å². The Morgan fingerprint density at radius 1 is 1.30 bits per heavy atom. The molecule has 4 heteroatoms. The largest absolute Gasteiger partial charge is 0.207 e. The Kier molecular flexibility index (Phi) is 2.46. The van der Waals surface area contributed by atoms with Crippen LogP contribution in [-0.2, 0) is 0 Å². The summed E-state index contributed by atoms with van der Waals surface area (Å²) in [5, 5.41) is -0.176. The van der Waals surface area contributed by atoms with E-state index in [9.17, 15) is 8.78 Å². The lowest BCUT2D eigenvalue weighted by atomic mass is 10.3. The molecule has 54 valence electrons. The first-order valence-corrected chi connectivity index (χ1v) is 3.87. The zero-order valence-electron chi connectivity index (χ0n) is 4.67. The van der Waals surface area contributed by atoms with Gasteiger partial charge in [0.15, 0.2) is 5.82 Å². The van der Waals surface area contributed by atoms with E-state index in [1.807, 2.05) is 0 Å². The van der Waals surface area contributed by atoms with Crippen LogP contribution in [0.3, 0.4) is 0 Å². The van der Waals surface area contributed by atoms with Gasteiger partial charge in [0.2, 0.25) is 0 Å². The van der Waals surface area contributed by atoms with Gasteiger partial charge in [0, 0.05) is 0 Å². The first-order chi connectivity index (χ1) is 4.61. The van der Waals surface area contributed by atoms with Gasteiger partial charge in [-0.1, -0.05) is 11.6 Å². The second kappa shape index (κ2) is 3.00. The SMILES string of the molecule is Fc1cc(Cl)c(F)c(I)c1. The Hall–Kier alpha value is 0.100. The average molecular weight is 274 g/mol. The smallest absolute Gasteiger partial charge is 0.155 e. The highest BCUT2D eigenvalue weighted by molar-refractivity contribution is 14.1. The molecule has 0 aliphatic carbocycles. The van der Waals surface area contributed by atoms with Crippen LogP contribution in [0.2, 0.25) is 5.02 Å². The molecule has 0 saturated carbocycles. The normalized spacial score (nSPS) is 10.0. The molecule has 0 aliphatic heterocycles. The van der Waals surface area contributed by atoms with Crippen LogP contribution in [0.4, 0.5) is 8.78 Å². The van der Waals surface area contributed by atoms with Gasteiger partial charge in [0.05, 0.1) is 8.59 Å². The van der Waals surface area contributed by atoms with Crippen LogP contribution < -0.4 is 0 Å². The predicted octanol–water partition coefficient (Wildman–Crippen LogP) is 3.22. The summed E-state index contributed by atoms with van der Waals surface area (Å²) in [6.45, 7) is 0. The van der Waals surface area contributed by atoms with Crippen molar-refractivity contribution in [1.82, 2.24) is 0 Å². The van der Waals surface area contributed by atoms with E-state index in [0.29, 0.717) is 0 Å². The molecule has 0 heterocycles. The topological polar surface area (TPSA) is 0 Å². The maximum absolute atomic E-state index is 12.6. The third-order valence-corrected chi connectivity index (χ3v) is 2.01. The molecule has 0 amide bonds. The van der Waals surface area contributed by atoms with Gasteiger partial charge < -0.3 is 0 Å². The summed E-state index contributed by atoms with van der Waals surface area (Å²) < 4.78 is 25.2. The Labute approximate surface area is 75.3 Å². The number of benzene rings is 1. The summed E-state index contributed by atoms with van der Waals surface area (Å²) in [5.41, 5.74) is 0. The van der Waals surface area contributed by atoms with E-state index in [4.69, 9.17) is 11.6 Å². The lowest BCUT2D eigenvalue weighted by Crippen LogP contribution is -1.85. The Morgan fingerprint density at radius 2 is 1.90 bits per heavy atom. The van der Waals surface area contributed by atoms with E-state index in [1.165, 1.54) is 0 Å². The number of rotatable bonds is 0. The van der Waals surface area contributed by atoms with Crippen molar-refractivity contribution in [3.05, 3.63) is 32.4 Å². The molecule has 0 unspecified atom stereocenters. The van der Waals surface area contributed by atoms with Crippen molar-refractivity contribution in [1.29, 1.82) is 0 Å². The summed E-state index contributed by atoms with van der Waals surface area (Å²) in [5.74, 6) is -1.08. The Bertz CT molecular complexity index is 239. The van der Waals surface area contributed by atoms with Crippen molar-refractivity contribution >= 4 is 34.2 Å². The second-order valence-electron chi connectivity index (χ2n) is 1.68. The van der Waals surface area contributed by atoms with Crippen molar-refractivity contribution in [2.45, 2.75) is 0 Å². The minimum Gasteiger partial charge on any atom is -0.207 e. The second-order valence-corrected chi connectivity index (χ2v) is 3.25. The molecule has 0 aromatic heterocycles. The van der Waals surface area contributed by atoms with Gasteiger partial charge in [-0.15, -0.1) is 0 Å². The van der Waals surface area contributed by atoms with Gasteiger partial charge >= 0.3 is 0 Å². The molecule has 0 aliphatic rings. The Balaban J connectivity index is 3.31. The minimum atomic E-state index is -0.566. The summed E-state index contributed by atoms with van der Waals surface area (Å²) in [7, 11) is 0. The van der Waals surface area contributed by atoms with Crippen LogP contribution in [0.25, 0.3) is 0 Å². The highest BCUT2D eigenvalue weighted by atomic mass is 127. The third-order valence-electron chi connectivity index (χ3n) is 0.949. The van der Waals surface area contributed by atoms with E-state index >= 15 is 0 Å². The Morgan fingerprint density at radius 3 is 2.40 bits per heavy atom. The van der Waals surface area contributed by atoms with E-state index < -0.39 is 11.6 Å². The molecule has 0 nitrogen and oxygen atoms in total. The van der Waals surface area contributed by atoms with Crippen LogP contribution in [0.1, 0.15) is 0 Å². The number of hydrogen-bond acceptors (Lipinski definition) is 0. The standard InChI is InChI=1S/C6H2ClF2I/c7-4-1-3(8)2-5(10)6(4)9/h1-2H. The highest BCUT2D eigenvalue weighted by Crippen LogP contribution is 2.20. The lowest BCUT2D eigenvalue weighted by molar-refractivity contribution is 0.594.